The molecule has 0 atom stereocenters. The molecular weight excluding hydrogens is 263 g/mol. The van der Waals surface area contributed by atoms with Crippen molar-refractivity contribution in [3.63, 3.8) is 0 Å². The summed E-state index contributed by atoms with van der Waals surface area (Å²) in [5.74, 6) is 0.732. The Labute approximate surface area is 124 Å². The number of hydrogen-bond acceptors (Lipinski definition) is 3. The minimum Gasteiger partial charge on any atom is -0.489 e. The molecule has 0 bridgehead atoms. The number of fused-ring (bicyclic) bond motifs is 1. The van der Waals surface area contributed by atoms with Gasteiger partial charge in [-0.2, -0.15) is 0 Å². The molecule has 0 aromatic heterocycles. The van der Waals surface area contributed by atoms with Gasteiger partial charge >= 0.3 is 7.12 Å². The third-order valence-corrected chi connectivity index (χ3v) is 3.64. The van der Waals surface area contributed by atoms with Crippen LogP contribution in [0.3, 0.4) is 0 Å². The van der Waals surface area contributed by atoms with Gasteiger partial charge in [-0.05, 0) is 46.8 Å². The summed E-state index contributed by atoms with van der Waals surface area (Å²) in [6, 6.07) is 11.2. The van der Waals surface area contributed by atoms with E-state index in [1.807, 2.05) is 30.3 Å². The highest BCUT2D eigenvalue weighted by molar-refractivity contribution is 6.62. The number of allylic oxidation sites excluding steroid dienone is 2. The second kappa shape index (κ2) is 6.16. The summed E-state index contributed by atoms with van der Waals surface area (Å²) < 4.78 is 5.81. The van der Waals surface area contributed by atoms with Gasteiger partial charge in [0.15, 0.2) is 0 Å². The van der Waals surface area contributed by atoms with E-state index in [-0.39, 0.29) is 0 Å². The van der Waals surface area contributed by atoms with Gasteiger partial charge in [-0.1, -0.05) is 42.5 Å². The van der Waals surface area contributed by atoms with Gasteiger partial charge in [-0.15, -0.1) is 0 Å². The Morgan fingerprint density at radius 3 is 2.76 bits per heavy atom. The molecule has 0 heterocycles. The molecule has 0 unspecified atom stereocenters. The lowest BCUT2D eigenvalue weighted by Gasteiger charge is -2.11. The number of rotatable bonds is 4. The van der Waals surface area contributed by atoms with Crippen LogP contribution < -0.4 is 10.2 Å². The quantitative estimate of drug-likeness (QED) is 0.844. The van der Waals surface area contributed by atoms with Crippen molar-refractivity contribution in [1.29, 1.82) is 0 Å². The van der Waals surface area contributed by atoms with Crippen molar-refractivity contribution in [3.05, 3.63) is 60.2 Å². The first-order valence-electron chi connectivity index (χ1n) is 7.11. The standard InChI is InChI=1S/C17H17BO3/c19-18(20)17-8-4-7-14-9-10-15(11-16(14)17)21-12-13-5-2-1-3-6-13/h2,4-11,19-20H,1,3,12H2. The Morgan fingerprint density at radius 1 is 1.10 bits per heavy atom. The molecule has 0 fully saturated rings. The van der Waals surface area contributed by atoms with E-state index in [0.717, 1.165) is 29.4 Å². The van der Waals surface area contributed by atoms with Crippen LogP contribution >= 0.6 is 0 Å². The second-order valence-corrected chi connectivity index (χ2v) is 5.15. The summed E-state index contributed by atoms with van der Waals surface area (Å²) in [7, 11) is -1.48. The highest BCUT2D eigenvalue weighted by atomic mass is 16.5. The SMILES string of the molecule is OB(O)c1cccc2ccc(OCC3=CCCC=C3)cc12. The van der Waals surface area contributed by atoms with Gasteiger partial charge in [0, 0.05) is 0 Å². The van der Waals surface area contributed by atoms with Gasteiger partial charge in [0.2, 0.25) is 0 Å². The van der Waals surface area contributed by atoms with Crippen LogP contribution in [0.2, 0.25) is 0 Å². The van der Waals surface area contributed by atoms with Crippen LogP contribution in [-0.2, 0) is 0 Å². The maximum absolute atomic E-state index is 9.44. The van der Waals surface area contributed by atoms with Gasteiger partial charge in [-0.25, -0.2) is 0 Å². The molecule has 2 aromatic carbocycles. The third kappa shape index (κ3) is 3.18. The van der Waals surface area contributed by atoms with Crippen molar-refractivity contribution >= 4 is 23.4 Å². The molecule has 0 amide bonds. The molecular formula is C17H17BO3. The van der Waals surface area contributed by atoms with Crippen molar-refractivity contribution < 1.29 is 14.8 Å². The first-order chi connectivity index (χ1) is 10.2. The number of ether oxygens (including phenoxy) is 1. The predicted molar refractivity (Wildman–Crippen MR) is 85.7 cm³/mol. The molecule has 1 aliphatic rings. The molecule has 1 aliphatic carbocycles. The fraction of sp³-hybridized carbons (Fsp3) is 0.176. The molecule has 0 saturated heterocycles. The summed E-state index contributed by atoms with van der Waals surface area (Å²) in [5, 5.41) is 20.7. The topological polar surface area (TPSA) is 49.7 Å². The summed E-state index contributed by atoms with van der Waals surface area (Å²) in [6.07, 6.45) is 8.59. The van der Waals surface area contributed by atoms with Crippen LogP contribution in [0, 0.1) is 0 Å². The smallest absolute Gasteiger partial charge is 0.489 e. The van der Waals surface area contributed by atoms with E-state index in [1.54, 1.807) is 6.07 Å². The fourth-order valence-corrected chi connectivity index (χ4v) is 2.53. The zero-order valence-corrected chi connectivity index (χ0v) is 11.7. The first kappa shape index (κ1) is 13.9. The Kier molecular flexibility index (Phi) is 4.09. The van der Waals surface area contributed by atoms with Crippen LogP contribution in [0.5, 0.6) is 5.75 Å². The van der Waals surface area contributed by atoms with Gasteiger partial charge in [0.1, 0.15) is 12.4 Å². The summed E-state index contributed by atoms with van der Waals surface area (Å²) >= 11 is 0. The van der Waals surface area contributed by atoms with E-state index in [4.69, 9.17) is 4.74 Å². The van der Waals surface area contributed by atoms with Gasteiger partial charge in [0.05, 0.1) is 0 Å². The zero-order chi connectivity index (χ0) is 14.7. The van der Waals surface area contributed by atoms with E-state index in [2.05, 4.69) is 18.2 Å². The Morgan fingerprint density at radius 2 is 2.00 bits per heavy atom. The molecule has 3 rings (SSSR count). The van der Waals surface area contributed by atoms with Crippen LogP contribution in [0.1, 0.15) is 12.8 Å². The molecule has 2 N–H and O–H groups in total. The lowest BCUT2D eigenvalue weighted by atomic mass is 9.77. The number of hydrogen-bond donors (Lipinski definition) is 2. The van der Waals surface area contributed by atoms with Crippen LogP contribution in [0.15, 0.2) is 60.2 Å². The Bertz CT molecular complexity index is 704. The van der Waals surface area contributed by atoms with Gasteiger partial charge in [-0.3, -0.25) is 0 Å². The molecule has 21 heavy (non-hydrogen) atoms. The van der Waals surface area contributed by atoms with Crippen LogP contribution in [-0.4, -0.2) is 23.8 Å². The maximum Gasteiger partial charge on any atom is 0.489 e. The fourth-order valence-electron chi connectivity index (χ4n) is 2.53. The average Bonchev–Trinajstić information content (AvgIpc) is 2.53. The van der Waals surface area contributed by atoms with Crippen molar-refractivity contribution in [2.75, 3.05) is 6.61 Å². The van der Waals surface area contributed by atoms with Crippen LogP contribution in [0.25, 0.3) is 10.8 Å². The molecule has 0 radical (unpaired) electrons. The lowest BCUT2D eigenvalue weighted by molar-refractivity contribution is 0.355. The van der Waals surface area contributed by atoms with Crippen molar-refractivity contribution in [3.8, 4) is 5.75 Å². The predicted octanol–water partition coefficient (Wildman–Crippen LogP) is 2.17. The molecule has 0 aliphatic heterocycles. The van der Waals surface area contributed by atoms with Crippen molar-refractivity contribution in [2.45, 2.75) is 12.8 Å². The van der Waals surface area contributed by atoms with Crippen molar-refractivity contribution in [2.24, 2.45) is 0 Å². The van der Waals surface area contributed by atoms with E-state index in [1.165, 1.54) is 5.57 Å². The summed E-state index contributed by atoms with van der Waals surface area (Å²) in [5.41, 5.74) is 1.67. The van der Waals surface area contributed by atoms with E-state index in [0.29, 0.717) is 12.1 Å². The lowest BCUT2D eigenvalue weighted by Crippen LogP contribution is -2.30. The second-order valence-electron chi connectivity index (χ2n) is 5.15. The largest absolute Gasteiger partial charge is 0.489 e. The molecule has 3 nitrogen and oxygen atoms in total. The summed E-state index contributed by atoms with van der Waals surface area (Å²) in [6.45, 7) is 0.534. The molecule has 2 aromatic rings. The minimum atomic E-state index is -1.48. The Balaban J connectivity index is 1.84. The van der Waals surface area contributed by atoms with Gasteiger partial charge in [0.25, 0.3) is 0 Å². The maximum atomic E-state index is 9.44. The zero-order valence-electron chi connectivity index (χ0n) is 11.7. The van der Waals surface area contributed by atoms with E-state index in [9.17, 15) is 10.0 Å². The molecule has 0 spiro atoms. The monoisotopic (exact) mass is 280 g/mol. The molecule has 4 heteroatoms. The molecule has 0 saturated carbocycles. The number of benzene rings is 2. The van der Waals surface area contributed by atoms with E-state index < -0.39 is 7.12 Å². The highest BCUT2D eigenvalue weighted by Gasteiger charge is 2.14. The minimum absolute atomic E-state index is 0.495. The third-order valence-electron chi connectivity index (χ3n) is 3.64. The molecule has 106 valence electrons. The normalized spacial score (nSPS) is 14.1. The Hall–Kier alpha value is -2.04. The van der Waals surface area contributed by atoms with Gasteiger partial charge < -0.3 is 14.8 Å². The average molecular weight is 280 g/mol. The van der Waals surface area contributed by atoms with Crippen molar-refractivity contribution in [1.82, 2.24) is 0 Å². The van der Waals surface area contributed by atoms with E-state index >= 15 is 0 Å². The van der Waals surface area contributed by atoms with Crippen LogP contribution in [0.4, 0.5) is 0 Å². The highest BCUT2D eigenvalue weighted by Crippen LogP contribution is 2.21. The first-order valence-corrected chi connectivity index (χ1v) is 7.11. The summed E-state index contributed by atoms with van der Waals surface area (Å²) in [4.78, 5) is 0.